The molecule has 0 aliphatic heterocycles. The predicted octanol–water partition coefficient (Wildman–Crippen LogP) is 0.484. The molecule has 8 nitrogen and oxygen atoms in total. The van der Waals surface area contributed by atoms with Gasteiger partial charge in [0.2, 0.25) is 0 Å². The van der Waals surface area contributed by atoms with Gasteiger partial charge in [-0.25, -0.2) is 4.79 Å². The second kappa shape index (κ2) is 5.80. The zero-order valence-electron chi connectivity index (χ0n) is 8.63. The van der Waals surface area contributed by atoms with E-state index in [1.807, 2.05) is 0 Å². The molecule has 0 radical (unpaired) electrons. The average molecular weight is 238 g/mol. The van der Waals surface area contributed by atoms with E-state index in [0.29, 0.717) is 0 Å². The molecule has 1 aromatic rings. The monoisotopic (exact) mass is 238 g/mol. The van der Waals surface area contributed by atoms with Gasteiger partial charge < -0.3 is 15.3 Å². The smallest absolute Gasteiger partial charge is 0.337 e. The summed E-state index contributed by atoms with van der Waals surface area (Å²) in [5, 5.41) is 30.8. The normalized spacial score (nSPS) is 13.5. The Labute approximate surface area is 95.8 Å². The molecule has 0 saturated heterocycles. The third kappa shape index (κ3) is 3.42. The van der Waals surface area contributed by atoms with Gasteiger partial charge in [-0.3, -0.25) is 4.98 Å². The van der Waals surface area contributed by atoms with Gasteiger partial charge in [0, 0.05) is 11.1 Å². The molecule has 0 amide bonds. The molecule has 3 N–H and O–H groups in total. The summed E-state index contributed by atoms with van der Waals surface area (Å²) < 4.78 is 0. The van der Waals surface area contributed by atoms with Crippen LogP contribution in [0.25, 0.3) is 10.4 Å². The van der Waals surface area contributed by atoms with Crippen molar-refractivity contribution in [2.45, 2.75) is 12.2 Å². The molecule has 0 fully saturated rings. The topological polar surface area (TPSA) is 139 Å². The van der Waals surface area contributed by atoms with E-state index < -0.39 is 18.2 Å². The number of azide groups is 1. The summed E-state index contributed by atoms with van der Waals surface area (Å²) in [6, 6.07) is 2.54. The Morgan fingerprint density at radius 2 is 2.24 bits per heavy atom. The van der Waals surface area contributed by atoms with Crippen molar-refractivity contribution in [3.05, 3.63) is 40.0 Å². The van der Waals surface area contributed by atoms with Crippen LogP contribution in [0.2, 0.25) is 0 Å². The van der Waals surface area contributed by atoms with Gasteiger partial charge in [-0.05, 0) is 17.7 Å². The highest BCUT2D eigenvalue weighted by Gasteiger charge is 2.19. The third-order valence-electron chi connectivity index (χ3n) is 2.03. The van der Waals surface area contributed by atoms with E-state index in [1.165, 1.54) is 12.1 Å². The minimum Gasteiger partial charge on any atom is -0.478 e. The van der Waals surface area contributed by atoms with Crippen molar-refractivity contribution in [3.63, 3.8) is 0 Å². The summed E-state index contributed by atoms with van der Waals surface area (Å²) in [6.07, 6.45) is -1.54. The lowest BCUT2D eigenvalue weighted by Gasteiger charge is -2.15. The maximum Gasteiger partial charge on any atom is 0.337 e. The summed E-state index contributed by atoms with van der Waals surface area (Å²) in [4.78, 5) is 16.7. The lowest BCUT2D eigenvalue weighted by molar-refractivity contribution is 0.0217. The van der Waals surface area contributed by atoms with E-state index >= 15 is 0 Å². The van der Waals surface area contributed by atoms with Crippen LogP contribution in [0.5, 0.6) is 0 Å². The second-order valence-corrected chi connectivity index (χ2v) is 3.20. The largest absolute Gasteiger partial charge is 0.478 e. The van der Waals surface area contributed by atoms with Gasteiger partial charge in [0.15, 0.2) is 0 Å². The maximum absolute atomic E-state index is 10.6. The molecule has 90 valence electrons. The van der Waals surface area contributed by atoms with Gasteiger partial charge in [0.25, 0.3) is 0 Å². The van der Waals surface area contributed by atoms with Crippen LogP contribution in [-0.4, -0.2) is 38.9 Å². The third-order valence-corrected chi connectivity index (χ3v) is 2.03. The SMILES string of the molecule is [N-]=[N+]=NCC(O)C(O)c1ccc(C(=O)O)cn1. The van der Waals surface area contributed by atoms with Gasteiger partial charge in [-0.2, -0.15) is 0 Å². The molecule has 0 aliphatic rings. The fourth-order valence-corrected chi connectivity index (χ4v) is 1.12. The second-order valence-electron chi connectivity index (χ2n) is 3.20. The molecule has 0 saturated carbocycles. The highest BCUT2D eigenvalue weighted by molar-refractivity contribution is 5.87. The molecule has 8 heteroatoms. The van der Waals surface area contributed by atoms with Crippen LogP contribution in [0.15, 0.2) is 23.4 Å². The van der Waals surface area contributed by atoms with E-state index in [-0.39, 0.29) is 17.8 Å². The molecule has 2 atom stereocenters. The quantitative estimate of drug-likeness (QED) is 0.389. The fourth-order valence-electron chi connectivity index (χ4n) is 1.12. The van der Waals surface area contributed by atoms with Crippen molar-refractivity contribution in [2.75, 3.05) is 6.54 Å². The van der Waals surface area contributed by atoms with E-state index in [2.05, 4.69) is 15.0 Å². The number of nitrogens with zero attached hydrogens (tertiary/aromatic N) is 4. The van der Waals surface area contributed by atoms with Gasteiger partial charge in [-0.15, -0.1) is 0 Å². The van der Waals surface area contributed by atoms with Crippen LogP contribution in [0.1, 0.15) is 22.2 Å². The highest BCUT2D eigenvalue weighted by Crippen LogP contribution is 2.15. The molecule has 1 heterocycles. The number of pyridine rings is 1. The summed E-state index contributed by atoms with van der Waals surface area (Å²) in [5.74, 6) is -1.13. The summed E-state index contributed by atoms with van der Waals surface area (Å²) in [7, 11) is 0. The average Bonchev–Trinajstić information content (AvgIpc) is 2.35. The van der Waals surface area contributed by atoms with Crippen LogP contribution >= 0.6 is 0 Å². The van der Waals surface area contributed by atoms with Crippen molar-refractivity contribution in [2.24, 2.45) is 5.11 Å². The molecular formula is C9H10N4O4. The number of hydrogen-bond donors (Lipinski definition) is 3. The van der Waals surface area contributed by atoms with Crippen LogP contribution < -0.4 is 0 Å². The summed E-state index contributed by atoms with van der Waals surface area (Å²) in [6.45, 7) is -0.292. The summed E-state index contributed by atoms with van der Waals surface area (Å²) >= 11 is 0. The lowest BCUT2D eigenvalue weighted by Crippen LogP contribution is -2.22. The van der Waals surface area contributed by atoms with Crippen LogP contribution in [0.3, 0.4) is 0 Å². The summed E-state index contributed by atoms with van der Waals surface area (Å²) in [5.41, 5.74) is 8.13. The number of carboxylic acid groups (broad SMARTS) is 1. The van der Waals surface area contributed by atoms with E-state index in [0.717, 1.165) is 6.20 Å². The zero-order valence-corrected chi connectivity index (χ0v) is 8.63. The Morgan fingerprint density at radius 1 is 1.53 bits per heavy atom. The molecule has 1 aromatic heterocycles. The molecule has 17 heavy (non-hydrogen) atoms. The Hall–Kier alpha value is -2.15. The maximum atomic E-state index is 10.6. The van der Waals surface area contributed by atoms with Crippen LogP contribution in [-0.2, 0) is 0 Å². The molecule has 0 aliphatic carbocycles. The zero-order chi connectivity index (χ0) is 12.8. The number of aromatic nitrogens is 1. The molecule has 0 spiro atoms. The molecular weight excluding hydrogens is 228 g/mol. The van der Waals surface area contributed by atoms with Crippen molar-refractivity contribution in [3.8, 4) is 0 Å². The Balaban J connectivity index is 2.78. The van der Waals surface area contributed by atoms with Crippen molar-refractivity contribution < 1.29 is 20.1 Å². The molecule has 1 rings (SSSR count). The number of aromatic carboxylic acids is 1. The van der Waals surface area contributed by atoms with Crippen molar-refractivity contribution in [1.82, 2.24) is 4.98 Å². The van der Waals surface area contributed by atoms with Crippen molar-refractivity contribution in [1.29, 1.82) is 0 Å². The first-order valence-electron chi connectivity index (χ1n) is 4.62. The number of carboxylic acids is 1. The van der Waals surface area contributed by atoms with Gasteiger partial charge in [-0.1, -0.05) is 5.11 Å². The van der Waals surface area contributed by atoms with Crippen LogP contribution in [0.4, 0.5) is 0 Å². The predicted molar refractivity (Wildman–Crippen MR) is 56.2 cm³/mol. The standard InChI is InChI=1S/C9H10N4O4/c10-13-12-4-7(14)8(15)6-2-1-5(3-11-6)9(16)17/h1-3,7-8,14-15H,4H2,(H,16,17). The first-order chi connectivity index (χ1) is 8.06. The number of carbonyl (C=O) groups is 1. The lowest BCUT2D eigenvalue weighted by atomic mass is 10.1. The van der Waals surface area contributed by atoms with E-state index in [4.69, 9.17) is 10.6 Å². The minimum absolute atomic E-state index is 0.0227. The minimum atomic E-state index is -1.33. The van der Waals surface area contributed by atoms with Gasteiger partial charge in [0.05, 0.1) is 23.9 Å². The van der Waals surface area contributed by atoms with Gasteiger partial charge in [0.1, 0.15) is 6.10 Å². The Morgan fingerprint density at radius 3 is 2.71 bits per heavy atom. The Kier molecular flexibility index (Phi) is 4.41. The van der Waals surface area contributed by atoms with E-state index in [1.54, 1.807) is 0 Å². The number of rotatable bonds is 5. The first kappa shape index (κ1) is 12.9. The van der Waals surface area contributed by atoms with E-state index in [9.17, 15) is 15.0 Å². The molecule has 0 aromatic carbocycles. The number of hydrogen-bond acceptors (Lipinski definition) is 5. The molecule has 0 bridgehead atoms. The Bertz CT molecular complexity index is 441. The fraction of sp³-hybridized carbons (Fsp3) is 0.333. The number of aliphatic hydroxyl groups excluding tert-OH is 2. The number of aliphatic hydroxyl groups is 2. The molecule has 2 unspecified atom stereocenters. The highest BCUT2D eigenvalue weighted by atomic mass is 16.4. The van der Waals surface area contributed by atoms with Gasteiger partial charge >= 0.3 is 5.97 Å². The first-order valence-corrected chi connectivity index (χ1v) is 4.62. The van der Waals surface area contributed by atoms with Crippen LogP contribution in [0, 0.1) is 0 Å². The van der Waals surface area contributed by atoms with Crippen molar-refractivity contribution >= 4 is 5.97 Å².